The number of hydrogen-bond acceptors (Lipinski definition) is 5. The number of likely N-dealkylation sites (tertiary alicyclic amines) is 2. The lowest BCUT2D eigenvalue weighted by Gasteiger charge is -2.38. The number of benzene rings is 3. The molecule has 0 aliphatic carbocycles. The lowest BCUT2D eigenvalue weighted by atomic mass is 9.77. The summed E-state index contributed by atoms with van der Waals surface area (Å²) in [6.45, 7) is 4.20. The van der Waals surface area contributed by atoms with Crippen molar-refractivity contribution in [3.63, 3.8) is 0 Å². The zero-order valence-corrected chi connectivity index (χ0v) is 24.3. The zero-order valence-electron chi connectivity index (χ0n) is 22.7. The van der Waals surface area contributed by atoms with Crippen molar-refractivity contribution in [3.8, 4) is 5.75 Å². The average Bonchev–Trinajstić information content (AvgIpc) is 3.28. The lowest BCUT2D eigenvalue weighted by Crippen LogP contribution is -2.45. The first kappa shape index (κ1) is 28.3. The minimum Gasteiger partial charge on any atom is -0.412 e. The van der Waals surface area contributed by atoms with Gasteiger partial charge in [-0.15, -0.1) is 0 Å². The number of amides is 2. The smallest absolute Gasteiger partial charge is 0.229 e. The highest BCUT2D eigenvalue weighted by Gasteiger charge is 2.47. The van der Waals surface area contributed by atoms with Crippen LogP contribution in [0.2, 0.25) is 0 Å². The van der Waals surface area contributed by atoms with Crippen LogP contribution < -0.4 is 16.1 Å². The third kappa shape index (κ3) is 6.92. The van der Waals surface area contributed by atoms with Gasteiger partial charge in [-0.3, -0.25) is 9.59 Å². The minimum absolute atomic E-state index is 0.0183. The molecule has 7 nitrogen and oxygen atoms in total. The molecule has 5 rings (SSSR count). The number of rotatable bonds is 10. The van der Waals surface area contributed by atoms with E-state index in [1.807, 2.05) is 47.4 Å². The Morgan fingerprint density at radius 3 is 2.25 bits per heavy atom. The van der Waals surface area contributed by atoms with Crippen molar-refractivity contribution in [2.75, 3.05) is 26.2 Å². The number of nitrogens with two attached hydrogens (primary N) is 1. The number of halogens is 1. The molecule has 0 aromatic heterocycles. The van der Waals surface area contributed by atoms with Crippen molar-refractivity contribution in [1.82, 2.24) is 15.1 Å². The fraction of sp³-hybridized carbons (Fsp3) is 0.375. The van der Waals surface area contributed by atoms with Crippen molar-refractivity contribution in [2.24, 2.45) is 11.3 Å². The van der Waals surface area contributed by atoms with Crippen LogP contribution in [0.15, 0.2) is 83.3 Å². The Morgan fingerprint density at radius 2 is 1.57 bits per heavy atom. The van der Waals surface area contributed by atoms with Crippen LogP contribution in [0.5, 0.6) is 5.75 Å². The topological polar surface area (TPSA) is 87.9 Å². The molecule has 40 heavy (non-hydrogen) atoms. The van der Waals surface area contributed by atoms with E-state index in [0.29, 0.717) is 24.6 Å². The molecule has 2 amide bonds. The van der Waals surface area contributed by atoms with E-state index in [-0.39, 0.29) is 17.4 Å². The van der Waals surface area contributed by atoms with Crippen LogP contribution in [0, 0.1) is 5.41 Å². The van der Waals surface area contributed by atoms with Gasteiger partial charge in [0.15, 0.2) is 0 Å². The van der Waals surface area contributed by atoms with Gasteiger partial charge >= 0.3 is 0 Å². The first-order chi connectivity index (χ1) is 19.4. The van der Waals surface area contributed by atoms with Crippen LogP contribution in [0.4, 0.5) is 0 Å². The van der Waals surface area contributed by atoms with Gasteiger partial charge in [-0.25, -0.2) is 0 Å². The predicted molar refractivity (Wildman–Crippen MR) is 159 cm³/mol. The molecule has 3 aromatic rings. The lowest BCUT2D eigenvalue weighted by molar-refractivity contribution is -0.139. The van der Waals surface area contributed by atoms with E-state index in [1.165, 1.54) is 5.56 Å². The van der Waals surface area contributed by atoms with Crippen LogP contribution in [0.25, 0.3) is 0 Å². The van der Waals surface area contributed by atoms with E-state index in [2.05, 4.69) is 50.4 Å². The Hall–Kier alpha value is -3.20. The molecule has 2 aliphatic rings. The third-order valence-corrected chi connectivity index (χ3v) is 8.92. The molecular formula is C32H37BrN4O3. The fourth-order valence-electron chi connectivity index (χ4n) is 5.96. The van der Waals surface area contributed by atoms with Gasteiger partial charge in [0, 0.05) is 24.1 Å². The summed E-state index contributed by atoms with van der Waals surface area (Å²) in [6.07, 6.45) is 3.84. The van der Waals surface area contributed by atoms with Gasteiger partial charge in [-0.2, -0.15) is 5.90 Å². The van der Waals surface area contributed by atoms with E-state index < -0.39 is 0 Å². The van der Waals surface area contributed by atoms with Gasteiger partial charge in [0.2, 0.25) is 11.8 Å². The van der Waals surface area contributed by atoms with E-state index in [1.54, 1.807) is 12.1 Å². The quantitative estimate of drug-likeness (QED) is 0.318. The first-order valence-electron chi connectivity index (χ1n) is 14.0. The highest BCUT2D eigenvalue weighted by molar-refractivity contribution is 9.10. The maximum Gasteiger partial charge on any atom is 0.229 e. The summed E-state index contributed by atoms with van der Waals surface area (Å²) in [6, 6.07) is 25.5. The second-order valence-electron chi connectivity index (χ2n) is 11.0. The first-order valence-corrected chi connectivity index (χ1v) is 14.8. The van der Waals surface area contributed by atoms with Crippen LogP contribution >= 0.6 is 15.9 Å². The van der Waals surface area contributed by atoms with Gasteiger partial charge in [-0.05, 0) is 79.7 Å². The van der Waals surface area contributed by atoms with E-state index in [0.717, 1.165) is 67.5 Å². The number of nitrogens with zero attached hydrogens (tertiary/aromatic N) is 2. The molecule has 1 atom stereocenters. The monoisotopic (exact) mass is 604 g/mol. The largest absolute Gasteiger partial charge is 0.412 e. The van der Waals surface area contributed by atoms with Crippen molar-refractivity contribution < 1.29 is 14.4 Å². The molecule has 2 heterocycles. The summed E-state index contributed by atoms with van der Waals surface area (Å²) in [5.41, 5.74) is 2.96. The minimum atomic E-state index is -0.219. The molecule has 2 aliphatic heterocycles. The maximum absolute atomic E-state index is 13.5. The summed E-state index contributed by atoms with van der Waals surface area (Å²) >= 11 is 3.48. The Morgan fingerprint density at radius 1 is 0.925 bits per heavy atom. The Bertz CT molecular complexity index is 1280. The van der Waals surface area contributed by atoms with Gasteiger partial charge in [0.05, 0.1) is 17.9 Å². The average molecular weight is 606 g/mol. The summed E-state index contributed by atoms with van der Waals surface area (Å²) in [5, 5.41) is 3.25. The molecule has 210 valence electrons. The second-order valence-corrected chi connectivity index (χ2v) is 11.9. The predicted octanol–water partition coefficient (Wildman–Crippen LogP) is 5.01. The van der Waals surface area contributed by atoms with Gasteiger partial charge in [0.1, 0.15) is 5.75 Å². The second kappa shape index (κ2) is 13.0. The Labute approximate surface area is 244 Å². The summed E-state index contributed by atoms with van der Waals surface area (Å²) in [5.74, 6) is 6.06. The summed E-state index contributed by atoms with van der Waals surface area (Å²) in [7, 11) is 0. The van der Waals surface area contributed by atoms with Gasteiger partial charge in [-0.1, -0.05) is 70.5 Å². The van der Waals surface area contributed by atoms with Crippen LogP contribution in [0.1, 0.15) is 48.4 Å². The molecule has 2 saturated heterocycles. The number of hydrogen-bond donors (Lipinski definition) is 2. The highest BCUT2D eigenvalue weighted by atomic mass is 79.9. The molecule has 2 fully saturated rings. The van der Waals surface area contributed by atoms with E-state index >= 15 is 0 Å². The van der Waals surface area contributed by atoms with E-state index in [4.69, 9.17) is 10.7 Å². The highest BCUT2D eigenvalue weighted by Crippen LogP contribution is 2.42. The molecule has 3 aromatic carbocycles. The van der Waals surface area contributed by atoms with Crippen LogP contribution in [-0.2, 0) is 22.6 Å². The van der Waals surface area contributed by atoms with Crippen LogP contribution in [0.3, 0.4) is 0 Å². The standard InChI is InChI=1S/C32H37BrN4O3/c33-27-10-6-25(7-11-27)23-37-21-17-32(31(37)39)15-19-36(20-16-32)18-14-29(26-4-2-1-3-5-26)35-30(38)22-24-8-12-28(40-34)13-9-24/h1-13,29H,14-23,34H2,(H,35,38). The van der Waals surface area contributed by atoms with Crippen molar-refractivity contribution in [1.29, 1.82) is 0 Å². The number of nitrogens with one attached hydrogen (secondary N) is 1. The number of carbonyl (C=O) groups excluding carboxylic acids is 2. The van der Waals surface area contributed by atoms with Crippen LogP contribution in [-0.4, -0.2) is 47.8 Å². The zero-order chi connectivity index (χ0) is 28.0. The van der Waals surface area contributed by atoms with Crippen molar-refractivity contribution >= 4 is 27.7 Å². The SMILES string of the molecule is NOc1ccc(CC(=O)NC(CCN2CCC3(CC2)CCN(Cc2ccc(Br)cc2)C3=O)c2ccccc2)cc1. The normalized spacial score (nSPS) is 17.6. The van der Waals surface area contributed by atoms with Crippen molar-refractivity contribution in [3.05, 3.63) is 100 Å². The molecule has 0 bridgehead atoms. The number of carbonyl (C=O) groups is 2. The molecule has 1 unspecified atom stereocenters. The fourth-order valence-corrected chi connectivity index (χ4v) is 6.22. The van der Waals surface area contributed by atoms with Gasteiger partial charge < -0.3 is 20.0 Å². The van der Waals surface area contributed by atoms with Crippen molar-refractivity contribution in [2.45, 2.75) is 44.7 Å². The summed E-state index contributed by atoms with van der Waals surface area (Å²) < 4.78 is 1.05. The molecule has 0 radical (unpaired) electrons. The molecule has 0 saturated carbocycles. The summed E-state index contributed by atoms with van der Waals surface area (Å²) in [4.78, 5) is 35.6. The third-order valence-electron chi connectivity index (χ3n) is 8.40. The molecule has 1 spiro atoms. The molecule has 3 N–H and O–H groups in total. The number of piperidine rings is 1. The Balaban J connectivity index is 1.14. The van der Waals surface area contributed by atoms with E-state index in [9.17, 15) is 9.59 Å². The Kier molecular flexibility index (Phi) is 9.19. The molecule has 8 heteroatoms. The maximum atomic E-state index is 13.5. The van der Waals surface area contributed by atoms with Gasteiger partial charge in [0.25, 0.3) is 0 Å². The molecular weight excluding hydrogens is 568 g/mol.